The van der Waals surface area contributed by atoms with Gasteiger partial charge in [0.25, 0.3) is 0 Å². The number of rotatable bonds is 11. The van der Waals surface area contributed by atoms with Crippen molar-refractivity contribution in [2.45, 2.75) is 63.3 Å². The molecule has 1 fully saturated rings. The molecule has 36 heavy (non-hydrogen) atoms. The number of likely N-dealkylation sites (tertiary alicyclic amines) is 1. The molecule has 0 spiro atoms. The van der Waals surface area contributed by atoms with Crippen molar-refractivity contribution in [2.24, 2.45) is 0 Å². The lowest BCUT2D eigenvalue weighted by Gasteiger charge is -2.24. The Hall–Kier alpha value is -3.49. The van der Waals surface area contributed by atoms with Crippen molar-refractivity contribution in [1.82, 2.24) is 15.1 Å². The van der Waals surface area contributed by atoms with Gasteiger partial charge in [-0.3, -0.25) is 14.7 Å². The lowest BCUT2D eigenvalue weighted by Crippen LogP contribution is -2.43. The topological polar surface area (TPSA) is 87.3 Å². The van der Waals surface area contributed by atoms with E-state index in [-0.39, 0.29) is 37.5 Å². The number of carbonyl (C=O) groups is 2. The maximum atomic E-state index is 14.4. The molecule has 192 valence electrons. The third-order valence-corrected chi connectivity index (χ3v) is 6.72. The second kappa shape index (κ2) is 11.5. The number of alkyl halides is 2. The van der Waals surface area contributed by atoms with Crippen molar-refractivity contribution in [1.29, 1.82) is 0 Å². The van der Waals surface area contributed by atoms with Gasteiger partial charge in [-0.2, -0.15) is 5.10 Å². The molecular formula is C27H32F2N4O3. The number of fused-ring (bicyclic) bond motifs is 1. The average Bonchev–Trinajstić information content (AvgIpc) is 3.55. The summed E-state index contributed by atoms with van der Waals surface area (Å²) in [5, 5.41) is 10.5. The van der Waals surface area contributed by atoms with Crippen LogP contribution in [0.1, 0.15) is 50.5 Å². The molecule has 7 nitrogen and oxygen atoms in total. The van der Waals surface area contributed by atoms with Gasteiger partial charge in [0.2, 0.25) is 17.7 Å². The Bertz CT molecular complexity index is 1180. The van der Waals surface area contributed by atoms with E-state index in [1.54, 1.807) is 19.4 Å². The van der Waals surface area contributed by atoms with Gasteiger partial charge in [-0.1, -0.05) is 18.2 Å². The third-order valence-electron chi connectivity index (χ3n) is 6.72. The van der Waals surface area contributed by atoms with Crippen LogP contribution in [0, 0.1) is 0 Å². The van der Waals surface area contributed by atoms with Gasteiger partial charge in [-0.15, -0.1) is 0 Å². The lowest BCUT2D eigenvalue weighted by molar-refractivity contribution is -0.137. The van der Waals surface area contributed by atoms with Crippen molar-refractivity contribution < 1.29 is 23.1 Å². The van der Waals surface area contributed by atoms with Crippen LogP contribution in [0.3, 0.4) is 0 Å². The van der Waals surface area contributed by atoms with Gasteiger partial charge in [-0.25, -0.2) is 8.78 Å². The highest BCUT2D eigenvalue weighted by Gasteiger charge is 2.35. The van der Waals surface area contributed by atoms with E-state index in [2.05, 4.69) is 15.5 Å². The molecule has 1 saturated heterocycles. The summed E-state index contributed by atoms with van der Waals surface area (Å²) in [6.07, 6.45) is 3.38. The number of nitrogens with zero attached hydrogens (tertiary/aromatic N) is 2. The van der Waals surface area contributed by atoms with E-state index in [0.717, 1.165) is 22.2 Å². The Kier molecular flexibility index (Phi) is 8.18. The Labute approximate surface area is 209 Å². The summed E-state index contributed by atoms with van der Waals surface area (Å²) in [4.78, 5) is 27.3. The van der Waals surface area contributed by atoms with E-state index in [0.29, 0.717) is 37.9 Å². The molecule has 0 saturated carbocycles. The molecule has 0 radical (unpaired) electrons. The second-order valence-electron chi connectivity index (χ2n) is 9.28. The predicted molar refractivity (Wildman–Crippen MR) is 134 cm³/mol. The van der Waals surface area contributed by atoms with Gasteiger partial charge in [0, 0.05) is 31.2 Å². The summed E-state index contributed by atoms with van der Waals surface area (Å²) in [6.45, 7) is 0.463. The molecule has 1 aromatic heterocycles. The predicted octanol–water partition coefficient (Wildman–Crippen LogP) is 5.33. The molecule has 2 N–H and O–H groups in total. The van der Waals surface area contributed by atoms with Gasteiger partial charge in [0.05, 0.1) is 24.5 Å². The van der Waals surface area contributed by atoms with Crippen LogP contribution in [-0.4, -0.2) is 52.5 Å². The fraction of sp³-hybridized carbons (Fsp3) is 0.444. The van der Waals surface area contributed by atoms with E-state index >= 15 is 0 Å². The molecule has 0 aliphatic carbocycles. The summed E-state index contributed by atoms with van der Waals surface area (Å²) >= 11 is 0. The zero-order valence-corrected chi connectivity index (χ0v) is 20.4. The van der Waals surface area contributed by atoms with E-state index in [1.807, 2.05) is 36.4 Å². The van der Waals surface area contributed by atoms with Crippen LogP contribution in [0.4, 0.5) is 14.5 Å². The van der Waals surface area contributed by atoms with E-state index in [9.17, 15) is 18.4 Å². The smallest absolute Gasteiger partial charge is 0.248 e. The Morgan fingerprint density at radius 3 is 2.72 bits per heavy atom. The SMILES string of the molecule is COc1ccc(CCCC(F)(F)CCCC(=O)N2CCC[C@@H]2C(=O)Nc2cccc3[nH]ncc23)cc1. The van der Waals surface area contributed by atoms with Crippen LogP contribution >= 0.6 is 0 Å². The summed E-state index contributed by atoms with van der Waals surface area (Å²) < 4.78 is 33.9. The molecule has 2 heterocycles. The molecule has 4 rings (SSSR count). The van der Waals surface area contributed by atoms with Crippen molar-refractivity contribution in [2.75, 3.05) is 19.0 Å². The Morgan fingerprint density at radius 1 is 1.17 bits per heavy atom. The Morgan fingerprint density at radius 2 is 1.94 bits per heavy atom. The van der Waals surface area contributed by atoms with Gasteiger partial charge in [0.1, 0.15) is 11.8 Å². The molecule has 0 unspecified atom stereocenters. The highest BCUT2D eigenvalue weighted by molar-refractivity contribution is 6.03. The molecular weight excluding hydrogens is 466 g/mol. The fourth-order valence-corrected chi connectivity index (χ4v) is 4.74. The number of methoxy groups -OCH3 is 1. The number of aryl methyl sites for hydroxylation is 1. The first-order valence-electron chi connectivity index (χ1n) is 12.4. The van der Waals surface area contributed by atoms with Crippen LogP contribution in [-0.2, 0) is 16.0 Å². The number of amides is 2. The minimum Gasteiger partial charge on any atom is -0.497 e. The molecule has 1 atom stereocenters. The third kappa shape index (κ3) is 6.38. The van der Waals surface area contributed by atoms with Crippen LogP contribution in [0.5, 0.6) is 5.75 Å². The van der Waals surface area contributed by atoms with E-state index < -0.39 is 12.0 Å². The van der Waals surface area contributed by atoms with Crippen LogP contribution in [0.2, 0.25) is 0 Å². The normalized spacial score (nSPS) is 15.9. The number of carbonyl (C=O) groups excluding carboxylic acids is 2. The quantitative estimate of drug-likeness (QED) is 0.374. The van der Waals surface area contributed by atoms with Gasteiger partial charge in [0.15, 0.2) is 0 Å². The number of anilines is 1. The molecule has 9 heteroatoms. The fourth-order valence-electron chi connectivity index (χ4n) is 4.74. The zero-order chi connectivity index (χ0) is 25.5. The number of halogens is 2. The largest absolute Gasteiger partial charge is 0.497 e. The van der Waals surface area contributed by atoms with Gasteiger partial charge >= 0.3 is 0 Å². The van der Waals surface area contributed by atoms with E-state index in [1.165, 1.54) is 4.90 Å². The molecule has 3 aromatic rings. The van der Waals surface area contributed by atoms with Crippen molar-refractivity contribution >= 4 is 28.4 Å². The number of H-pyrrole nitrogens is 1. The first-order chi connectivity index (χ1) is 17.4. The second-order valence-corrected chi connectivity index (χ2v) is 9.28. The minimum atomic E-state index is -2.82. The maximum Gasteiger partial charge on any atom is 0.248 e. The van der Waals surface area contributed by atoms with Crippen LogP contribution in [0.25, 0.3) is 10.9 Å². The summed E-state index contributed by atoms with van der Waals surface area (Å²) in [7, 11) is 1.59. The first kappa shape index (κ1) is 25.6. The number of aromatic amines is 1. The van der Waals surface area contributed by atoms with E-state index in [4.69, 9.17) is 4.74 Å². The highest BCUT2D eigenvalue weighted by Crippen LogP contribution is 2.29. The van der Waals surface area contributed by atoms with Crippen molar-refractivity contribution in [3.63, 3.8) is 0 Å². The maximum absolute atomic E-state index is 14.4. The van der Waals surface area contributed by atoms with Gasteiger partial charge < -0.3 is 15.0 Å². The summed E-state index contributed by atoms with van der Waals surface area (Å²) in [5.74, 6) is -2.60. The standard InChI is InChI=1S/C27H32F2N4O3/c1-36-20-13-11-19(12-14-20)6-3-15-27(28,29)16-4-10-25(34)33-17-5-9-24(33)26(35)31-22-7-2-8-23-21(22)18-30-32-23/h2,7-8,11-14,18,24H,3-6,9-10,15-17H2,1H3,(H,30,32)(H,31,35)/t24-/m1/s1. The minimum absolute atomic E-state index is 0.00909. The average molecular weight is 499 g/mol. The lowest BCUT2D eigenvalue weighted by atomic mass is 10.0. The number of nitrogens with one attached hydrogen (secondary N) is 2. The highest BCUT2D eigenvalue weighted by atomic mass is 19.3. The molecule has 1 aliphatic rings. The molecule has 0 bridgehead atoms. The first-order valence-corrected chi connectivity index (χ1v) is 12.4. The number of aromatic nitrogens is 2. The van der Waals surface area contributed by atoms with Crippen LogP contribution < -0.4 is 10.1 Å². The molecule has 1 aliphatic heterocycles. The summed E-state index contributed by atoms with van der Waals surface area (Å²) in [6, 6.07) is 12.3. The van der Waals surface area contributed by atoms with Crippen LogP contribution in [0.15, 0.2) is 48.7 Å². The number of hydrogen-bond donors (Lipinski definition) is 2. The molecule has 2 amide bonds. The monoisotopic (exact) mass is 498 g/mol. The molecule has 2 aromatic carbocycles. The number of hydrogen-bond acceptors (Lipinski definition) is 4. The number of ether oxygens (including phenoxy) is 1. The number of benzene rings is 2. The van der Waals surface area contributed by atoms with Crippen molar-refractivity contribution in [3.8, 4) is 5.75 Å². The Balaban J connectivity index is 1.22. The summed E-state index contributed by atoms with van der Waals surface area (Å²) in [5.41, 5.74) is 2.42. The zero-order valence-electron chi connectivity index (χ0n) is 20.4. The van der Waals surface area contributed by atoms with Crippen molar-refractivity contribution in [3.05, 3.63) is 54.2 Å². The van der Waals surface area contributed by atoms with Gasteiger partial charge in [-0.05, 0) is 61.9 Å².